The number of rotatable bonds is 5. The van der Waals surface area contributed by atoms with Crippen molar-refractivity contribution in [1.82, 2.24) is 4.98 Å². The second-order valence-electron chi connectivity index (χ2n) is 4.38. The highest BCUT2D eigenvalue weighted by atomic mass is 32.1. The Kier molecular flexibility index (Phi) is 4.94. The second-order valence-corrected chi connectivity index (χ2v) is 5.44. The van der Waals surface area contributed by atoms with Crippen LogP contribution in [0.5, 0.6) is 0 Å². The Balaban J connectivity index is 2.05. The summed E-state index contributed by atoms with van der Waals surface area (Å²) in [4.78, 5) is 7.73. The van der Waals surface area contributed by atoms with Crippen LogP contribution in [0.4, 0.5) is 5.13 Å². The van der Waals surface area contributed by atoms with Gasteiger partial charge in [0.1, 0.15) is 0 Å². The Morgan fingerprint density at radius 2 is 2.11 bits per heavy atom. The largest absolute Gasteiger partial charge is 0.391 e. The van der Waals surface area contributed by atoms with E-state index in [9.17, 15) is 5.11 Å². The standard InChI is InChI=1S/C12H20N2O3S/c1-16-8-10-11(7-15)18-12(13-10)14-5-3-9(17-2)4-6-14/h9,15H,3-8H2,1-2H3. The SMILES string of the molecule is COCc1nc(N2CCC(OC)CC2)sc1CO. The molecule has 0 aromatic carbocycles. The summed E-state index contributed by atoms with van der Waals surface area (Å²) in [5.74, 6) is 0. The third kappa shape index (κ3) is 3.00. The summed E-state index contributed by atoms with van der Waals surface area (Å²) >= 11 is 1.56. The maximum atomic E-state index is 9.31. The first-order valence-corrected chi connectivity index (χ1v) is 6.96. The molecule has 2 heterocycles. The molecule has 1 aliphatic rings. The monoisotopic (exact) mass is 272 g/mol. The summed E-state index contributed by atoms with van der Waals surface area (Å²) in [5, 5.41) is 10.3. The minimum atomic E-state index is 0.0326. The van der Waals surface area contributed by atoms with Crippen LogP contribution in [0.3, 0.4) is 0 Å². The molecule has 0 unspecified atom stereocenters. The molecule has 0 atom stereocenters. The Morgan fingerprint density at radius 1 is 1.39 bits per heavy atom. The van der Waals surface area contributed by atoms with Crippen LogP contribution in [0.1, 0.15) is 23.4 Å². The third-order valence-corrected chi connectivity index (χ3v) is 4.38. The maximum Gasteiger partial charge on any atom is 0.185 e. The van der Waals surface area contributed by atoms with Crippen LogP contribution in [-0.4, -0.2) is 43.5 Å². The molecule has 0 amide bonds. The van der Waals surface area contributed by atoms with Gasteiger partial charge in [0.05, 0.1) is 29.9 Å². The van der Waals surface area contributed by atoms with Crippen molar-refractivity contribution < 1.29 is 14.6 Å². The molecule has 1 aromatic rings. The van der Waals surface area contributed by atoms with Crippen molar-refractivity contribution in [2.75, 3.05) is 32.2 Å². The van der Waals surface area contributed by atoms with E-state index in [4.69, 9.17) is 9.47 Å². The molecule has 102 valence electrons. The average molecular weight is 272 g/mol. The zero-order chi connectivity index (χ0) is 13.0. The fourth-order valence-electron chi connectivity index (χ4n) is 2.16. The molecular formula is C12H20N2O3S. The fourth-order valence-corrected chi connectivity index (χ4v) is 3.14. The summed E-state index contributed by atoms with van der Waals surface area (Å²) in [7, 11) is 3.41. The van der Waals surface area contributed by atoms with Gasteiger partial charge in [0, 0.05) is 27.3 Å². The molecule has 0 bridgehead atoms. The van der Waals surface area contributed by atoms with Gasteiger partial charge in [-0.2, -0.15) is 0 Å². The number of piperidine rings is 1. The van der Waals surface area contributed by atoms with E-state index in [2.05, 4.69) is 9.88 Å². The summed E-state index contributed by atoms with van der Waals surface area (Å²) in [5.41, 5.74) is 0.855. The van der Waals surface area contributed by atoms with Crippen LogP contribution in [0.25, 0.3) is 0 Å². The van der Waals surface area contributed by atoms with Gasteiger partial charge in [-0.3, -0.25) is 0 Å². The maximum absolute atomic E-state index is 9.31. The van der Waals surface area contributed by atoms with E-state index in [1.165, 1.54) is 0 Å². The lowest BCUT2D eigenvalue weighted by Crippen LogP contribution is -2.36. The van der Waals surface area contributed by atoms with Crippen LogP contribution < -0.4 is 4.90 Å². The second kappa shape index (κ2) is 6.47. The van der Waals surface area contributed by atoms with Crippen LogP contribution >= 0.6 is 11.3 Å². The van der Waals surface area contributed by atoms with Crippen LogP contribution in [-0.2, 0) is 22.7 Å². The van der Waals surface area contributed by atoms with E-state index in [1.54, 1.807) is 25.6 Å². The van der Waals surface area contributed by atoms with E-state index in [-0.39, 0.29) is 6.61 Å². The van der Waals surface area contributed by atoms with Gasteiger partial charge in [-0.15, -0.1) is 0 Å². The first-order chi connectivity index (χ1) is 8.78. The van der Waals surface area contributed by atoms with Crippen molar-refractivity contribution in [2.45, 2.75) is 32.2 Å². The summed E-state index contributed by atoms with van der Waals surface area (Å²) in [6, 6.07) is 0. The molecule has 18 heavy (non-hydrogen) atoms. The van der Waals surface area contributed by atoms with Crippen LogP contribution in [0.15, 0.2) is 0 Å². The smallest absolute Gasteiger partial charge is 0.185 e. The number of hydrogen-bond acceptors (Lipinski definition) is 6. The molecule has 5 nitrogen and oxygen atoms in total. The van der Waals surface area contributed by atoms with Gasteiger partial charge >= 0.3 is 0 Å². The van der Waals surface area contributed by atoms with Crippen molar-refractivity contribution in [3.63, 3.8) is 0 Å². The zero-order valence-corrected chi connectivity index (χ0v) is 11.7. The molecule has 2 rings (SSSR count). The van der Waals surface area contributed by atoms with Gasteiger partial charge in [-0.05, 0) is 12.8 Å². The van der Waals surface area contributed by atoms with Gasteiger partial charge in [0.25, 0.3) is 0 Å². The lowest BCUT2D eigenvalue weighted by molar-refractivity contribution is 0.0819. The molecule has 1 aliphatic heterocycles. The van der Waals surface area contributed by atoms with Crippen molar-refractivity contribution in [3.8, 4) is 0 Å². The molecule has 0 spiro atoms. The lowest BCUT2D eigenvalue weighted by Gasteiger charge is -2.30. The Hall–Kier alpha value is -0.690. The average Bonchev–Trinajstić information content (AvgIpc) is 2.82. The molecule has 1 fully saturated rings. The number of aliphatic hydroxyl groups excluding tert-OH is 1. The number of hydrogen-bond donors (Lipinski definition) is 1. The van der Waals surface area contributed by atoms with Gasteiger partial charge < -0.3 is 19.5 Å². The quantitative estimate of drug-likeness (QED) is 0.878. The van der Waals surface area contributed by atoms with Crippen molar-refractivity contribution in [1.29, 1.82) is 0 Å². The third-order valence-electron chi connectivity index (χ3n) is 3.24. The number of thiazole rings is 1. The van der Waals surface area contributed by atoms with Crippen molar-refractivity contribution in [2.24, 2.45) is 0 Å². The van der Waals surface area contributed by atoms with Gasteiger partial charge in [-0.1, -0.05) is 11.3 Å². The van der Waals surface area contributed by atoms with E-state index in [0.29, 0.717) is 12.7 Å². The predicted octanol–water partition coefficient (Wildman–Crippen LogP) is 1.40. The molecular weight excluding hydrogens is 252 g/mol. The van der Waals surface area contributed by atoms with E-state index >= 15 is 0 Å². The summed E-state index contributed by atoms with van der Waals surface area (Å²) < 4.78 is 10.5. The normalized spacial score (nSPS) is 17.4. The van der Waals surface area contributed by atoms with Crippen LogP contribution in [0, 0.1) is 0 Å². The summed E-state index contributed by atoms with van der Waals surface area (Å²) in [6.45, 7) is 2.42. The molecule has 0 radical (unpaired) electrons. The number of aromatic nitrogens is 1. The molecule has 1 N–H and O–H groups in total. The minimum Gasteiger partial charge on any atom is -0.391 e. The zero-order valence-electron chi connectivity index (χ0n) is 10.9. The van der Waals surface area contributed by atoms with Crippen LogP contribution in [0.2, 0.25) is 0 Å². The molecule has 1 aromatic heterocycles. The fraction of sp³-hybridized carbons (Fsp3) is 0.750. The molecule has 1 saturated heterocycles. The topological polar surface area (TPSA) is 54.8 Å². The Bertz CT molecular complexity index is 375. The Labute approximate surface area is 111 Å². The Morgan fingerprint density at radius 3 is 2.67 bits per heavy atom. The minimum absolute atomic E-state index is 0.0326. The number of aliphatic hydroxyl groups is 1. The van der Waals surface area contributed by atoms with Gasteiger partial charge in [0.15, 0.2) is 5.13 Å². The highest BCUT2D eigenvalue weighted by Gasteiger charge is 2.22. The van der Waals surface area contributed by atoms with E-state index < -0.39 is 0 Å². The molecule has 0 aliphatic carbocycles. The predicted molar refractivity (Wildman–Crippen MR) is 71.0 cm³/mol. The van der Waals surface area contributed by atoms with Gasteiger partial charge in [-0.25, -0.2) is 4.98 Å². The van der Waals surface area contributed by atoms with Crippen molar-refractivity contribution in [3.05, 3.63) is 10.6 Å². The first-order valence-electron chi connectivity index (χ1n) is 6.14. The highest BCUT2D eigenvalue weighted by Crippen LogP contribution is 2.29. The summed E-state index contributed by atoms with van der Waals surface area (Å²) in [6.07, 6.45) is 2.44. The molecule has 0 saturated carbocycles. The number of ether oxygens (including phenoxy) is 2. The number of anilines is 1. The first kappa shape index (κ1) is 13.7. The van der Waals surface area contributed by atoms with E-state index in [1.807, 2.05) is 0 Å². The van der Waals surface area contributed by atoms with Crippen molar-refractivity contribution >= 4 is 16.5 Å². The van der Waals surface area contributed by atoms with Gasteiger partial charge in [0.2, 0.25) is 0 Å². The highest BCUT2D eigenvalue weighted by molar-refractivity contribution is 7.15. The lowest BCUT2D eigenvalue weighted by atomic mass is 10.1. The molecule has 6 heteroatoms. The van der Waals surface area contributed by atoms with E-state index in [0.717, 1.165) is 41.6 Å². The number of nitrogens with zero attached hydrogens (tertiary/aromatic N) is 2. The number of methoxy groups -OCH3 is 2.